The summed E-state index contributed by atoms with van der Waals surface area (Å²) >= 11 is 1.48. The quantitative estimate of drug-likeness (QED) is 0.399. The Morgan fingerprint density at radius 2 is 1.94 bits per heavy atom. The first-order chi connectivity index (χ1) is 16.6. The van der Waals surface area contributed by atoms with Gasteiger partial charge in [-0.05, 0) is 48.0 Å². The number of nitrogens with zero attached hydrogens (tertiary/aromatic N) is 5. The van der Waals surface area contributed by atoms with Crippen molar-refractivity contribution in [3.63, 3.8) is 0 Å². The summed E-state index contributed by atoms with van der Waals surface area (Å²) in [5.74, 6) is 0.219. The smallest absolute Gasteiger partial charge is 0.173 e. The second-order valence-corrected chi connectivity index (χ2v) is 8.72. The molecule has 0 bridgehead atoms. The molecule has 0 fully saturated rings. The lowest BCUT2D eigenvalue weighted by molar-refractivity contribution is 0.325. The van der Waals surface area contributed by atoms with Crippen LogP contribution in [0.1, 0.15) is 5.56 Å². The van der Waals surface area contributed by atoms with Crippen molar-refractivity contribution >= 4 is 17.2 Å². The lowest BCUT2D eigenvalue weighted by Crippen LogP contribution is -2.02. The number of thiophene rings is 1. The molecule has 5 aromatic rings. The zero-order valence-corrected chi connectivity index (χ0v) is 18.4. The molecule has 34 heavy (non-hydrogen) atoms. The van der Waals surface area contributed by atoms with Gasteiger partial charge in [-0.2, -0.15) is 5.10 Å². The highest BCUT2D eigenvalue weighted by Crippen LogP contribution is 2.43. The number of halogens is 2. The molecule has 7 nitrogen and oxygen atoms in total. The van der Waals surface area contributed by atoms with E-state index >= 15 is 0 Å². The zero-order chi connectivity index (χ0) is 23.2. The van der Waals surface area contributed by atoms with Crippen LogP contribution in [-0.4, -0.2) is 31.3 Å². The van der Waals surface area contributed by atoms with Crippen LogP contribution < -0.4 is 10.5 Å². The largest absolute Gasteiger partial charge is 0.491 e. The van der Waals surface area contributed by atoms with Crippen LogP contribution >= 0.6 is 11.3 Å². The summed E-state index contributed by atoms with van der Waals surface area (Å²) in [4.78, 5) is 15.1. The van der Waals surface area contributed by atoms with Crippen LogP contribution in [0.4, 0.5) is 14.6 Å². The number of anilines is 1. The Balaban J connectivity index is 1.46. The fourth-order valence-electron chi connectivity index (χ4n) is 3.88. The maximum atomic E-state index is 14.5. The van der Waals surface area contributed by atoms with Gasteiger partial charge in [0.25, 0.3) is 0 Å². The minimum Gasteiger partial charge on any atom is -0.491 e. The molecule has 0 amide bonds. The SMILES string of the molecule is Nc1ccc(-c2ccc3c(n2)-c2sc(-c4ncnn4-c4ccc(F)cc4F)cc2CCO3)cn1. The van der Waals surface area contributed by atoms with Crippen LogP contribution in [0.15, 0.2) is 61.1 Å². The Labute approximate surface area is 196 Å². The summed E-state index contributed by atoms with van der Waals surface area (Å²) in [7, 11) is 0. The van der Waals surface area contributed by atoms with Gasteiger partial charge >= 0.3 is 0 Å². The van der Waals surface area contributed by atoms with E-state index < -0.39 is 11.6 Å². The van der Waals surface area contributed by atoms with Crippen LogP contribution in [0.3, 0.4) is 0 Å². The number of hydrogen-bond acceptors (Lipinski definition) is 7. The molecule has 0 saturated carbocycles. The number of hydrogen-bond donors (Lipinski definition) is 1. The lowest BCUT2D eigenvalue weighted by Gasteiger charge is -2.09. The summed E-state index contributed by atoms with van der Waals surface area (Å²) in [5.41, 5.74) is 9.19. The highest BCUT2D eigenvalue weighted by molar-refractivity contribution is 7.19. The first kappa shape index (κ1) is 20.4. The lowest BCUT2D eigenvalue weighted by atomic mass is 10.1. The number of nitrogen functional groups attached to an aromatic ring is 1. The molecule has 0 spiro atoms. The Morgan fingerprint density at radius 3 is 2.76 bits per heavy atom. The molecule has 0 saturated heterocycles. The van der Waals surface area contributed by atoms with Crippen LogP contribution in [0, 0.1) is 11.6 Å². The maximum Gasteiger partial charge on any atom is 0.173 e. The average Bonchev–Trinajstić information content (AvgIpc) is 3.44. The fraction of sp³-hybridized carbons (Fsp3) is 0.0833. The Bertz CT molecular complexity index is 1530. The van der Waals surface area contributed by atoms with E-state index in [1.807, 2.05) is 24.3 Å². The molecule has 0 unspecified atom stereocenters. The van der Waals surface area contributed by atoms with Gasteiger partial charge in [0.1, 0.15) is 35.1 Å². The molecule has 4 aromatic heterocycles. The van der Waals surface area contributed by atoms with Gasteiger partial charge in [0.15, 0.2) is 11.6 Å². The Kier molecular flexibility index (Phi) is 4.80. The van der Waals surface area contributed by atoms with Crippen molar-refractivity contribution in [3.05, 3.63) is 78.3 Å². The molecule has 6 rings (SSSR count). The normalized spacial score (nSPS) is 12.5. The minimum atomic E-state index is -0.716. The molecule has 0 atom stereocenters. The van der Waals surface area contributed by atoms with Gasteiger partial charge in [-0.3, -0.25) is 0 Å². The number of fused-ring (bicyclic) bond motifs is 3. The van der Waals surface area contributed by atoms with E-state index in [1.165, 1.54) is 34.5 Å². The van der Waals surface area contributed by atoms with E-state index in [-0.39, 0.29) is 5.69 Å². The highest BCUT2D eigenvalue weighted by Gasteiger charge is 2.24. The van der Waals surface area contributed by atoms with E-state index in [9.17, 15) is 8.78 Å². The summed E-state index contributed by atoms with van der Waals surface area (Å²) in [5, 5.41) is 4.18. The number of ether oxygens (including phenoxy) is 1. The summed E-state index contributed by atoms with van der Waals surface area (Å²) in [6.45, 7) is 0.500. The topological polar surface area (TPSA) is 91.7 Å². The third kappa shape index (κ3) is 3.48. The molecular formula is C24H16F2N6OS. The van der Waals surface area contributed by atoms with E-state index in [4.69, 9.17) is 15.5 Å². The first-order valence-corrected chi connectivity index (χ1v) is 11.2. The van der Waals surface area contributed by atoms with E-state index in [0.29, 0.717) is 30.4 Å². The van der Waals surface area contributed by atoms with Crippen molar-refractivity contribution in [2.24, 2.45) is 0 Å². The van der Waals surface area contributed by atoms with Gasteiger partial charge in [-0.1, -0.05) is 0 Å². The molecule has 5 heterocycles. The Morgan fingerprint density at radius 1 is 1.03 bits per heavy atom. The second-order valence-electron chi connectivity index (χ2n) is 7.67. The van der Waals surface area contributed by atoms with Crippen LogP contribution in [-0.2, 0) is 6.42 Å². The van der Waals surface area contributed by atoms with E-state index in [2.05, 4.69) is 15.1 Å². The van der Waals surface area contributed by atoms with Crippen molar-refractivity contribution < 1.29 is 13.5 Å². The maximum absolute atomic E-state index is 14.5. The number of pyridine rings is 2. The van der Waals surface area contributed by atoms with Crippen molar-refractivity contribution in [1.29, 1.82) is 0 Å². The van der Waals surface area contributed by atoms with Crippen molar-refractivity contribution in [1.82, 2.24) is 24.7 Å². The second kappa shape index (κ2) is 7.99. The van der Waals surface area contributed by atoms with Crippen LogP contribution in [0.2, 0.25) is 0 Å². The highest BCUT2D eigenvalue weighted by atomic mass is 32.1. The molecule has 1 aliphatic rings. The first-order valence-electron chi connectivity index (χ1n) is 10.4. The molecule has 168 valence electrons. The Hall–Kier alpha value is -4.18. The predicted octanol–water partition coefficient (Wildman–Crippen LogP) is 4.92. The summed E-state index contributed by atoms with van der Waals surface area (Å²) in [6, 6.07) is 12.8. The summed E-state index contributed by atoms with van der Waals surface area (Å²) in [6.07, 6.45) is 3.71. The van der Waals surface area contributed by atoms with Crippen molar-refractivity contribution in [3.8, 4) is 44.0 Å². The van der Waals surface area contributed by atoms with E-state index in [0.717, 1.165) is 38.3 Å². The van der Waals surface area contributed by atoms with Gasteiger partial charge in [0, 0.05) is 24.2 Å². The number of aromatic nitrogens is 5. The van der Waals surface area contributed by atoms with Crippen molar-refractivity contribution in [2.45, 2.75) is 6.42 Å². The third-order valence-electron chi connectivity index (χ3n) is 5.50. The molecule has 1 aliphatic heterocycles. The molecular weight excluding hydrogens is 458 g/mol. The van der Waals surface area contributed by atoms with Gasteiger partial charge in [0.05, 0.1) is 22.1 Å². The zero-order valence-electron chi connectivity index (χ0n) is 17.6. The third-order valence-corrected chi connectivity index (χ3v) is 6.68. The van der Waals surface area contributed by atoms with Crippen LogP contribution in [0.5, 0.6) is 5.75 Å². The van der Waals surface area contributed by atoms with Crippen molar-refractivity contribution in [2.75, 3.05) is 12.3 Å². The molecule has 1 aromatic carbocycles. The van der Waals surface area contributed by atoms with Gasteiger partial charge in [0.2, 0.25) is 0 Å². The standard InChI is InChI=1S/C24H16F2N6OS/c25-15-2-4-18(16(26)10-15)32-24(29-12-30-32)20-9-13-7-8-33-19-5-3-17(31-22(19)23(13)34-20)14-1-6-21(27)28-11-14/h1-6,9-12H,7-8H2,(H2,27,28). The number of benzene rings is 1. The van der Waals surface area contributed by atoms with Crippen LogP contribution in [0.25, 0.3) is 38.2 Å². The van der Waals surface area contributed by atoms with E-state index in [1.54, 1.807) is 12.3 Å². The number of nitrogens with two attached hydrogens (primary N) is 1. The predicted molar refractivity (Wildman–Crippen MR) is 125 cm³/mol. The van der Waals surface area contributed by atoms with Gasteiger partial charge in [-0.15, -0.1) is 11.3 Å². The molecule has 2 N–H and O–H groups in total. The fourth-order valence-corrected chi connectivity index (χ4v) is 5.06. The van der Waals surface area contributed by atoms with Gasteiger partial charge < -0.3 is 10.5 Å². The number of rotatable bonds is 3. The minimum absolute atomic E-state index is 0.123. The summed E-state index contributed by atoms with van der Waals surface area (Å²) < 4.78 is 35.2. The average molecular weight is 474 g/mol. The van der Waals surface area contributed by atoms with Gasteiger partial charge in [-0.25, -0.2) is 28.4 Å². The molecule has 0 aliphatic carbocycles. The monoisotopic (exact) mass is 474 g/mol. The molecule has 10 heteroatoms. The molecule has 0 radical (unpaired) electrons.